The lowest BCUT2D eigenvalue weighted by molar-refractivity contribution is 0.418. The molecule has 4 aromatic rings. The zero-order valence-electron chi connectivity index (χ0n) is 18.0. The van der Waals surface area contributed by atoms with E-state index in [1.54, 1.807) is 18.4 Å². The molecule has 1 aliphatic rings. The number of nitrogens with zero attached hydrogens (tertiary/aromatic N) is 5. The molecule has 5 rings (SSSR count). The van der Waals surface area contributed by atoms with Crippen LogP contribution in [0, 0.1) is 20.8 Å². The highest BCUT2D eigenvalue weighted by Crippen LogP contribution is 2.36. The fourth-order valence-electron chi connectivity index (χ4n) is 4.14. The highest BCUT2D eigenvalue weighted by molar-refractivity contribution is 7.14. The molecule has 0 atom stereocenters. The van der Waals surface area contributed by atoms with Crippen LogP contribution in [0.5, 0.6) is 5.75 Å². The molecule has 0 unspecified atom stereocenters. The second kappa shape index (κ2) is 7.46. The van der Waals surface area contributed by atoms with Gasteiger partial charge in [-0.05, 0) is 43.8 Å². The van der Waals surface area contributed by atoms with Crippen molar-refractivity contribution in [2.45, 2.75) is 33.7 Å². The Morgan fingerprint density at radius 2 is 2.00 bits per heavy atom. The highest BCUT2D eigenvalue weighted by atomic mass is 32.1. The first-order valence-electron chi connectivity index (χ1n) is 10.2. The van der Waals surface area contributed by atoms with E-state index in [1.807, 2.05) is 38.4 Å². The van der Waals surface area contributed by atoms with Gasteiger partial charge < -0.3 is 9.64 Å². The summed E-state index contributed by atoms with van der Waals surface area (Å²) >= 11 is 1.65. The maximum absolute atomic E-state index is 12.6. The molecular formula is C23H23N5O2S. The van der Waals surface area contributed by atoms with E-state index in [2.05, 4.69) is 16.0 Å². The summed E-state index contributed by atoms with van der Waals surface area (Å²) < 4.78 is 6.91. The second-order valence-electron chi connectivity index (χ2n) is 7.86. The van der Waals surface area contributed by atoms with Gasteiger partial charge in [0.2, 0.25) is 0 Å². The van der Waals surface area contributed by atoms with Gasteiger partial charge in [-0.2, -0.15) is 4.52 Å². The average Bonchev–Trinajstić information content (AvgIpc) is 3.25. The predicted molar refractivity (Wildman–Crippen MR) is 122 cm³/mol. The molecule has 0 N–H and O–H groups in total. The van der Waals surface area contributed by atoms with E-state index in [-0.39, 0.29) is 5.56 Å². The van der Waals surface area contributed by atoms with Gasteiger partial charge in [0.05, 0.1) is 12.0 Å². The maximum atomic E-state index is 12.6. The topological polar surface area (TPSA) is 72.6 Å². The zero-order chi connectivity index (χ0) is 21.7. The fourth-order valence-corrected chi connectivity index (χ4v) is 4.98. The van der Waals surface area contributed by atoms with Gasteiger partial charge in [0, 0.05) is 59.9 Å². The predicted octanol–water partition coefficient (Wildman–Crippen LogP) is 3.71. The Kier molecular flexibility index (Phi) is 4.74. The first-order chi connectivity index (χ1) is 15.0. The van der Waals surface area contributed by atoms with Gasteiger partial charge in [-0.3, -0.25) is 9.78 Å². The molecule has 0 bridgehead atoms. The van der Waals surface area contributed by atoms with Crippen molar-refractivity contribution in [1.29, 1.82) is 0 Å². The van der Waals surface area contributed by atoms with Gasteiger partial charge in [0.25, 0.3) is 5.56 Å². The van der Waals surface area contributed by atoms with E-state index in [9.17, 15) is 4.79 Å². The largest absolute Gasteiger partial charge is 0.495 e. The monoisotopic (exact) mass is 433 g/mol. The minimum atomic E-state index is -0.155. The van der Waals surface area contributed by atoms with Crippen LogP contribution < -0.4 is 15.2 Å². The van der Waals surface area contributed by atoms with Crippen molar-refractivity contribution < 1.29 is 4.74 Å². The normalized spacial score (nSPS) is 13.5. The van der Waals surface area contributed by atoms with Crippen molar-refractivity contribution in [3.8, 4) is 16.2 Å². The number of pyridine rings is 1. The second-order valence-corrected chi connectivity index (χ2v) is 8.78. The standard InChI is InChI=1S/C23H23N5O2S/c1-13-9-20(29)28-22(25-13)14(2)15(3)23(26-28)27-7-5-18-17(12-27)10-16(11-24-18)21-19(30-4)6-8-31-21/h6,8-11H,5,7,12H2,1-4H3. The molecule has 1 aliphatic heterocycles. The Labute approximate surface area is 184 Å². The lowest BCUT2D eigenvalue weighted by Crippen LogP contribution is -2.34. The van der Waals surface area contributed by atoms with Crippen molar-refractivity contribution in [2.75, 3.05) is 18.6 Å². The van der Waals surface area contributed by atoms with E-state index in [0.717, 1.165) is 51.8 Å². The quantitative estimate of drug-likeness (QED) is 0.490. The number of ether oxygens (including phenoxy) is 1. The Morgan fingerprint density at radius 1 is 1.16 bits per heavy atom. The molecule has 0 aliphatic carbocycles. The summed E-state index contributed by atoms with van der Waals surface area (Å²) in [6.45, 7) is 7.37. The Hall–Kier alpha value is -3.26. The third kappa shape index (κ3) is 3.27. The Bertz CT molecular complexity index is 1370. The number of methoxy groups -OCH3 is 1. The summed E-state index contributed by atoms with van der Waals surface area (Å²) in [5.41, 5.74) is 6.54. The number of fused-ring (bicyclic) bond motifs is 2. The van der Waals surface area contributed by atoms with Crippen molar-refractivity contribution in [1.82, 2.24) is 19.6 Å². The molecule has 4 aromatic heterocycles. The van der Waals surface area contributed by atoms with Gasteiger partial charge in [-0.15, -0.1) is 16.4 Å². The Morgan fingerprint density at radius 3 is 2.81 bits per heavy atom. The van der Waals surface area contributed by atoms with Crippen LogP contribution in [-0.4, -0.2) is 33.2 Å². The lowest BCUT2D eigenvalue weighted by atomic mass is 10.0. The minimum absolute atomic E-state index is 0.155. The summed E-state index contributed by atoms with van der Waals surface area (Å²) in [4.78, 5) is 25.1. The molecule has 5 heterocycles. The third-order valence-corrected chi connectivity index (χ3v) is 6.85. The summed E-state index contributed by atoms with van der Waals surface area (Å²) in [6.07, 6.45) is 2.76. The van der Waals surface area contributed by atoms with Crippen LogP contribution >= 0.6 is 11.3 Å². The van der Waals surface area contributed by atoms with Gasteiger partial charge in [-0.1, -0.05) is 0 Å². The van der Waals surface area contributed by atoms with Gasteiger partial charge in [0.15, 0.2) is 11.5 Å². The minimum Gasteiger partial charge on any atom is -0.495 e. The number of rotatable bonds is 3. The van der Waals surface area contributed by atoms with Crippen molar-refractivity contribution in [3.05, 3.63) is 68.2 Å². The molecule has 8 heteroatoms. The first-order valence-corrected chi connectivity index (χ1v) is 11.1. The van der Waals surface area contributed by atoms with Crippen LogP contribution in [0.25, 0.3) is 16.1 Å². The molecule has 0 aromatic carbocycles. The van der Waals surface area contributed by atoms with E-state index in [0.29, 0.717) is 17.9 Å². The van der Waals surface area contributed by atoms with Crippen LogP contribution in [-0.2, 0) is 13.0 Å². The summed E-state index contributed by atoms with van der Waals surface area (Å²) in [5, 5.41) is 6.73. The van der Waals surface area contributed by atoms with Crippen LogP contribution in [0.15, 0.2) is 34.6 Å². The molecule has 0 spiro atoms. The average molecular weight is 434 g/mol. The number of hydrogen-bond donors (Lipinski definition) is 0. The molecular weight excluding hydrogens is 410 g/mol. The van der Waals surface area contributed by atoms with E-state index < -0.39 is 0 Å². The fraction of sp³-hybridized carbons (Fsp3) is 0.304. The summed E-state index contributed by atoms with van der Waals surface area (Å²) in [5.74, 6) is 1.69. The first kappa shape index (κ1) is 19.7. The molecule has 7 nitrogen and oxygen atoms in total. The van der Waals surface area contributed by atoms with E-state index >= 15 is 0 Å². The Balaban J connectivity index is 1.56. The number of anilines is 1. The van der Waals surface area contributed by atoms with Crippen LogP contribution in [0.4, 0.5) is 5.82 Å². The van der Waals surface area contributed by atoms with Gasteiger partial charge in [0.1, 0.15) is 5.75 Å². The third-order valence-electron chi connectivity index (χ3n) is 5.90. The van der Waals surface area contributed by atoms with E-state index in [4.69, 9.17) is 14.8 Å². The SMILES string of the molecule is COc1ccsc1-c1cnc2c(c1)CN(c1nn3c(=O)cc(C)nc3c(C)c1C)CC2. The molecule has 0 radical (unpaired) electrons. The van der Waals surface area contributed by atoms with Crippen LogP contribution in [0.3, 0.4) is 0 Å². The summed E-state index contributed by atoms with van der Waals surface area (Å²) in [6, 6.07) is 5.70. The zero-order valence-corrected chi connectivity index (χ0v) is 18.8. The van der Waals surface area contributed by atoms with Crippen molar-refractivity contribution in [2.24, 2.45) is 0 Å². The number of aromatic nitrogens is 4. The van der Waals surface area contributed by atoms with Gasteiger partial charge in [-0.25, -0.2) is 4.98 Å². The van der Waals surface area contributed by atoms with Crippen LogP contribution in [0.1, 0.15) is 28.1 Å². The van der Waals surface area contributed by atoms with Crippen molar-refractivity contribution in [3.63, 3.8) is 0 Å². The highest BCUT2D eigenvalue weighted by Gasteiger charge is 2.23. The smallest absolute Gasteiger partial charge is 0.274 e. The molecule has 31 heavy (non-hydrogen) atoms. The van der Waals surface area contributed by atoms with Gasteiger partial charge >= 0.3 is 0 Å². The van der Waals surface area contributed by atoms with Crippen LogP contribution in [0.2, 0.25) is 0 Å². The van der Waals surface area contributed by atoms with E-state index in [1.165, 1.54) is 16.1 Å². The molecule has 0 fully saturated rings. The maximum Gasteiger partial charge on any atom is 0.274 e. The summed E-state index contributed by atoms with van der Waals surface area (Å²) in [7, 11) is 1.69. The molecule has 158 valence electrons. The molecule has 0 amide bonds. The number of hydrogen-bond acceptors (Lipinski definition) is 7. The molecule has 0 saturated heterocycles. The number of thiophene rings is 1. The van der Waals surface area contributed by atoms with Crippen molar-refractivity contribution >= 4 is 22.8 Å². The molecule has 0 saturated carbocycles. The lowest BCUT2D eigenvalue weighted by Gasteiger charge is -2.31. The number of aryl methyl sites for hydroxylation is 2.